The first kappa shape index (κ1) is 45.4. The third-order valence-corrected chi connectivity index (χ3v) is 6.36. The molecule has 0 radical (unpaired) electrons. The number of halogens is 6. The van der Waals surface area contributed by atoms with Gasteiger partial charge in [-0.05, 0) is 68.2 Å². The molecule has 0 saturated carbocycles. The molecular weight excluding hydrogens is 678 g/mol. The van der Waals surface area contributed by atoms with Crippen LogP contribution in [0.15, 0.2) is 60.7 Å². The van der Waals surface area contributed by atoms with Gasteiger partial charge >= 0.3 is 24.3 Å². The van der Waals surface area contributed by atoms with Crippen molar-refractivity contribution in [2.24, 2.45) is 5.73 Å². The maximum Gasteiger partial charge on any atom is 0.490 e. The molecule has 17 heteroatoms. The lowest BCUT2D eigenvalue weighted by molar-refractivity contribution is -0.193. The summed E-state index contributed by atoms with van der Waals surface area (Å²) in [5, 5.41) is 33.0. The van der Waals surface area contributed by atoms with E-state index >= 15 is 0 Å². The number of alkyl halides is 6. The first-order chi connectivity index (χ1) is 23.5. The van der Waals surface area contributed by atoms with Crippen molar-refractivity contribution in [3.8, 4) is 5.75 Å². The molecule has 0 unspecified atom stereocenters. The lowest BCUT2D eigenvalue weighted by Gasteiger charge is -2.18. The zero-order chi connectivity index (χ0) is 38.0. The summed E-state index contributed by atoms with van der Waals surface area (Å²) in [6.07, 6.45) is 1.07. The SMILES string of the molecule is NCCCNCCCCCCCCNC(=O)[C@H](Cc1ccc(O)cc1)NC(=O)/C=C/c1ccccc1.O=C(O)C(F)(F)F.O=C(O)C(F)(F)F. The summed E-state index contributed by atoms with van der Waals surface area (Å²) in [6.45, 7) is 3.36. The highest BCUT2D eigenvalue weighted by atomic mass is 19.4. The number of nitrogens with one attached hydrogen (secondary N) is 3. The number of phenols is 1. The fourth-order valence-electron chi connectivity index (χ4n) is 3.80. The molecule has 8 N–H and O–H groups in total. The van der Waals surface area contributed by atoms with Gasteiger partial charge in [-0.3, -0.25) is 9.59 Å². The second-order valence-electron chi connectivity index (χ2n) is 10.6. The fourth-order valence-corrected chi connectivity index (χ4v) is 3.80. The summed E-state index contributed by atoms with van der Waals surface area (Å²) in [5.74, 6) is -5.87. The summed E-state index contributed by atoms with van der Waals surface area (Å²) in [4.78, 5) is 43.2. The van der Waals surface area contributed by atoms with Gasteiger partial charge in [0.2, 0.25) is 11.8 Å². The van der Waals surface area contributed by atoms with Crippen LogP contribution >= 0.6 is 0 Å². The maximum absolute atomic E-state index is 12.9. The summed E-state index contributed by atoms with van der Waals surface area (Å²) in [5.41, 5.74) is 7.25. The lowest BCUT2D eigenvalue weighted by Crippen LogP contribution is -2.47. The molecular formula is C33H44F6N4O7. The van der Waals surface area contributed by atoms with E-state index in [1.165, 1.54) is 25.3 Å². The van der Waals surface area contributed by atoms with Gasteiger partial charge in [-0.25, -0.2) is 9.59 Å². The van der Waals surface area contributed by atoms with Crippen LogP contribution in [0, 0.1) is 0 Å². The summed E-state index contributed by atoms with van der Waals surface area (Å²) in [7, 11) is 0. The van der Waals surface area contributed by atoms with Gasteiger partial charge in [0.25, 0.3) is 0 Å². The van der Waals surface area contributed by atoms with Gasteiger partial charge in [0.1, 0.15) is 11.8 Å². The Kier molecular flexibility index (Phi) is 23.0. The molecule has 0 aliphatic heterocycles. The van der Waals surface area contributed by atoms with E-state index in [0.29, 0.717) is 13.0 Å². The lowest BCUT2D eigenvalue weighted by atomic mass is 10.0. The molecule has 2 aromatic carbocycles. The molecule has 0 aliphatic carbocycles. The van der Waals surface area contributed by atoms with Gasteiger partial charge < -0.3 is 37.0 Å². The third kappa shape index (κ3) is 24.5. The van der Waals surface area contributed by atoms with Crippen LogP contribution in [0.5, 0.6) is 5.75 Å². The monoisotopic (exact) mass is 722 g/mol. The third-order valence-electron chi connectivity index (χ3n) is 6.36. The van der Waals surface area contributed by atoms with Crippen molar-refractivity contribution >= 4 is 29.8 Å². The Morgan fingerprint density at radius 1 is 0.720 bits per heavy atom. The van der Waals surface area contributed by atoms with E-state index in [-0.39, 0.29) is 17.6 Å². The highest BCUT2D eigenvalue weighted by Gasteiger charge is 2.38. The molecule has 0 aliphatic rings. The predicted molar refractivity (Wildman–Crippen MR) is 174 cm³/mol. The van der Waals surface area contributed by atoms with E-state index in [2.05, 4.69) is 16.0 Å². The number of carbonyl (C=O) groups is 4. The van der Waals surface area contributed by atoms with Crippen LogP contribution < -0.4 is 21.7 Å². The van der Waals surface area contributed by atoms with Gasteiger partial charge in [-0.15, -0.1) is 0 Å². The normalized spacial score (nSPS) is 11.7. The average Bonchev–Trinajstić information content (AvgIpc) is 3.05. The smallest absolute Gasteiger partial charge is 0.490 e. The van der Waals surface area contributed by atoms with Gasteiger partial charge in [0.05, 0.1) is 0 Å². The van der Waals surface area contributed by atoms with Crippen LogP contribution in [-0.4, -0.2) is 83.6 Å². The highest BCUT2D eigenvalue weighted by Crippen LogP contribution is 2.14. The van der Waals surface area contributed by atoms with E-state index in [1.807, 2.05) is 30.3 Å². The molecule has 2 amide bonds. The Bertz CT molecular complexity index is 1270. The van der Waals surface area contributed by atoms with Crippen molar-refractivity contribution in [3.63, 3.8) is 0 Å². The van der Waals surface area contributed by atoms with Gasteiger partial charge in [-0.1, -0.05) is 68.1 Å². The Balaban J connectivity index is 0.00000143. The van der Waals surface area contributed by atoms with Crippen molar-refractivity contribution in [2.45, 2.75) is 69.8 Å². The number of carboxylic acids is 2. The fraction of sp³-hybridized carbons (Fsp3) is 0.455. The first-order valence-electron chi connectivity index (χ1n) is 15.6. The highest BCUT2D eigenvalue weighted by molar-refractivity contribution is 5.95. The van der Waals surface area contributed by atoms with Crippen molar-refractivity contribution in [1.82, 2.24) is 16.0 Å². The Morgan fingerprint density at radius 2 is 1.20 bits per heavy atom. The van der Waals surface area contributed by atoms with E-state index < -0.39 is 30.3 Å². The van der Waals surface area contributed by atoms with E-state index in [9.17, 15) is 41.0 Å². The van der Waals surface area contributed by atoms with Crippen LogP contribution in [0.3, 0.4) is 0 Å². The topological polar surface area (TPSA) is 191 Å². The zero-order valence-corrected chi connectivity index (χ0v) is 27.2. The quantitative estimate of drug-likeness (QED) is 0.0644. The van der Waals surface area contributed by atoms with Crippen molar-refractivity contribution in [3.05, 3.63) is 71.8 Å². The number of aromatic hydroxyl groups is 1. The average molecular weight is 723 g/mol. The van der Waals surface area contributed by atoms with Crippen molar-refractivity contribution in [2.75, 3.05) is 26.2 Å². The van der Waals surface area contributed by atoms with Crippen LogP contribution in [0.1, 0.15) is 56.1 Å². The summed E-state index contributed by atoms with van der Waals surface area (Å²) in [6, 6.07) is 15.5. The number of carbonyl (C=O) groups excluding carboxylic acids is 2. The number of phenolic OH excluding ortho intramolecular Hbond substituents is 1. The molecule has 0 aromatic heterocycles. The van der Waals surface area contributed by atoms with Crippen LogP contribution in [0.4, 0.5) is 26.3 Å². The molecule has 2 rings (SSSR count). The number of benzene rings is 2. The van der Waals surface area contributed by atoms with Crippen molar-refractivity contribution in [1.29, 1.82) is 0 Å². The first-order valence-corrected chi connectivity index (χ1v) is 15.6. The van der Waals surface area contributed by atoms with Gasteiger partial charge in [0, 0.05) is 19.0 Å². The minimum atomic E-state index is -5.08. The Labute approximate surface area is 285 Å². The van der Waals surface area contributed by atoms with Gasteiger partial charge in [0.15, 0.2) is 0 Å². The number of carboxylic acid groups (broad SMARTS) is 2. The zero-order valence-electron chi connectivity index (χ0n) is 27.2. The van der Waals surface area contributed by atoms with Gasteiger partial charge in [-0.2, -0.15) is 26.3 Å². The second kappa shape index (κ2) is 25.3. The summed E-state index contributed by atoms with van der Waals surface area (Å²) < 4.78 is 63.5. The number of nitrogens with two attached hydrogens (primary N) is 1. The standard InChI is InChI=1S/C29H42N4O3.2C2HF3O2/c30-19-10-21-31-20-8-3-1-2-4-9-22-32-29(36)27(23-25-13-16-26(34)17-14-25)33-28(35)18-15-24-11-6-5-7-12-24;2*3-2(4,5)1(6)7/h5-7,11-18,27,31,34H,1-4,8-10,19-23,30H2,(H,32,36)(H,33,35);2*(H,6,7)/b18-15+;;/t27-;;/m0../s1. The molecule has 0 heterocycles. The number of hydrogen-bond donors (Lipinski definition) is 7. The molecule has 0 spiro atoms. The molecule has 0 fully saturated rings. The number of aliphatic carboxylic acids is 2. The Morgan fingerprint density at radius 3 is 1.70 bits per heavy atom. The van der Waals surface area contributed by atoms with Crippen LogP contribution in [0.2, 0.25) is 0 Å². The molecule has 11 nitrogen and oxygen atoms in total. The second-order valence-corrected chi connectivity index (χ2v) is 10.6. The number of amides is 2. The molecule has 280 valence electrons. The maximum atomic E-state index is 12.9. The number of hydrogen-bond acceptors (Lipinski definition) is 7. The van der Waals surface area contributed by atoms with Crippen molar-refractivity contribution < 1.29 is 60.8 Å². The number of unbranched alkanes of at least 4 members (excludes halogenated alkanes) is 5. The van der Waals surface area contributed by atoms with E-state index in [4.69, 9.17) is 25.5 Å². The Hall–Kier alpha value is -4.64. The van der Waals surface area contributed by atoms with E-state index in [0.717, 1.165) is 56.4 Å². The summed E-state index contributed by atoms with van der Waals surface area (Å²) >= 11 is 0. The predicted octanol–water partition coefficient (Wildman–Crippen LogP) is 4.79. The largest absolute Gasteiger partial charge is 0.508 e. The van der Waals surface area contributed by atoms with E-state index in [1.54, 1.807) is 30.3 Å². The van der Waals surface area contributed by atoms with Crippen LogP contribution in [0.25, 0.3) is 6.08 Å². The molecule has 50 heavy (non-hydrogen) atoms. The number of rotatable bonds is 18. The van der Waals surface area contributed by atoms with Crippen LogP contribution in [-0.2, 0) is 25.6 Å². The minimum absolute atomic E-state index is 0.164. The molecule has 0 bridgehead atoms. The molecule has 2 aromatic rings. The minimum Gasteiger partial charge on any atom is -0.508 e. The molecule has 1 atom stereocenters. The molecule has 0 saturated heterocycles.